The molecule has 198 valence electrons. The zero-order chi connectivity index (χ0) is 26.4. The lowest BCUT2D eigenvalue weighted by atomic mass is 9.72. The average molecular weight is 553 g/mol. The van der Waals surface area contributed by atoms with Crippen LogP contribution in [0.3, 0.4) is 0 Å². The molecule has 2 aliphatic heterocycles. The average Bonchev–Trinajstić information content (AvgIpc) is 3.47. The highest BCUT2D eigenvalue weighted by Crippen LogP contribution is 2.51. The number of nitrogens with two attached hydrogens (primary N) is 2. The molecule has 1 fully saturated rings. The van der Waals surface area contributed by atoms with Gasteiger partial charge in [-0.25, -0.2) is 15.0 Å². The molecular weight excluding hydrogens is 524 g/mol. The predicted molar refractivity (Wildman–Crippen MR) is 150 cm³/mol. The van der Waals surface area contributed by atoms with Gasteiger partial charge in [0.25, 0.3) is 5.56 Å². The number of nitrogen functional groups attached to an aromatic ring is 1. The van der Waals surface area contributed by atoms with Crippen LogP contribution in [0, 0.1) is 5.41 Å². The van der Waals surface area contributed by atoms with Crippen molar-refractivity contribution in [3.05, 3.63) is 51.3 Å². The molecule has 0 amide bonds. The number of hydrogen-bond donors (Lipinski definition) is 2. The van der Waals surface area contributed by atoms with Crippen LogP contribution in [0.4, 0.5) is 11.6 Å². The summed E-state index contributed by atoms with van der Waals surface area (Å²) in [4.78, 5) is 34.1. The Morgan fingerprint density at radius 1 is 1.26 bits per heavy atom. The van der Waals surface area contributed by atoms with Crippen molar-refractivity contribution < 1.29 is 4.74 Å². The summed E-state index contributed by atoms with van der Waals surface area (Å²) in [5.41, 5.74) is 15.9. The Labute approximate surface area is 229 Å². The van der Waals surface area contributed by atoms with Crippen molar-refractivity contribution in [2.24, 2.45) is 16.1 Å². The summed E-state index contributed by atoms with van der Waals surface area (Å²) in [5, 5.41) is 1.21. The van der Waals surface area contributed by atoms with Crippen LogP contribution in [-0.4, -0.2) is 58.6 Å². The van der Waals surface area contributed by atoms with Crippen LogP contribution >= 0.6 is 23.4 Å². The van der Waals surface area contributed by atoms with Crippen LogP contribution in [0.2, 0.25) is 5.02 Å². The summed E-state index contributed by atoms with van der Waals surface area (Å²) in [6, 6.07) is 3.61. The van der Waals surface area contributed by atoms with E-state index in [9.17, 15) is 4.79 Å². The molecule has 1 aliphatic carbocycles. The Balaban J connectivity index is 1.18. The number of rotatable bonds is 6. The SMILES string of the molecule is COCCn1cnc2ccc(Sc3ncc(N4CCC5(CC4)CC4=C(N=CC4)[C@H]5N)nc3N)c(Cl)c2c1=O. The molecule has 3 aliphatic rings. The lowest BCUT2D eigenvalue weighted by Crippen LogP contribution is -2.48. The van der Waals surface area contributed by atoms with Gasteiger partial charge in [0.05, 0.1) is 53.3 Å². The Morgan fingerprint density at radius 2 is 2.08 bits per heavy atom. The fraction of sp³-hybridized carbons (Fsp3) is 0.423. The first-order valence-electron chi connectivity index (χ1n) is 12.6. The number of methoxy groups -OCH3 is 1. The van der Waals surface area contributed by atoms with Gasteiger partial charge in [-0.05, 0) is 42.4 Å². The van der Waals surface area contributed by atoms with Gasteiger partial charge >= 0.3 is 0 Å². The van der Waals surface area contributed by atoms with E-state index in [4.69, 9.17) is 27.8 Å². The van der Waals surface area contributed by atoms with Crippen LogP contribution < -0.4 is 21.9 Å². The molecule has 0 saturated carbocycles. The highest BCUT2D eigenvalue weighted by molar-refractivity contribution is 7.99. The van der Waals surface area contributed by atoms with Crippen molar-refractivity contribution >= 4 is 52.1 Å². The van der Waals surface area contributed by atoms with E-state index in [-0.39, 0.29) is 17.0 Å². The second kappa shape index (κ2) is 9.96. The zero-order valence-corrected chi connectivity index (χ0v) is 22.6. The van der Waals surface area contributed by atoms with Crippen molar-refractivity contribution in [3.8, 4) is 0 Å². The van der Waals surface area contributed by atoms with Crippen LogP contribution in [-0.2, 0) is 11.3 Å². The normalized spacial score (nSPS) is 20.2. The lowest BCUT2D eigenvalue weighted by Gasteiger charge is -2.43. The number of ether oxygens (including phenoxy) is 1. The number of nitrogens with zero attached hydrogens (tertiary/aromatic N) is 6. The molecule has 0 unspecified atom stereocenters. The molecule has 1 spiro atoms. The van der Waals surface area contributed by atoms with E-state index in [1.54, 1.807) is 19.4 Å². The third-order valence-corrected chi connectivity index (χ3v) is 9.50. The zero-order valence-electron chi connectivity index (χ0n) is 21.1. The highest BCUT2D eigenvalue weighted by atomic mass is 35.5. The van der Waals surface area contributed by atoms with Gasteiger partial charge in [-0.15, -0.1) is 0 Å². The molecule has 38 heavy (non-hydrogen) atoms. The van der Waals surface area contributed by atoms with E-state index in [1.165, 1.54) is 28.2 Å². The molecule has 1 saturated heterocycles. The number of halogens is 1. The molecule has 6 rings (SSSR count). The first-order valence-corrected chi connectivity index (χ1v) is 13.8. The van der Waals surface area contributed by atoms with Gasteiger partial charge in [-0.1, -0.05) is 23.4 Å². The molecule has 3 aromatic rings. The largest absolute Gasteiger partial charge is 0.383 e. The van der Waals surface area contributed by atoms with Crippen LogP contribution in [0.1, 0.15) is 25.7 Å². The molecule has 0 radical (unpaired) electrons. The van der Waals surface area contributed by atoms with Gasteiger partial charge in [0.2, 0.25) is 0 Å². The van der Waals surface area contributed by atoms with E-state index in [0.29, 0.717) is 44.8 Å². The van der Waals surface area contributed by atoms with Crippen molar-refractivity contribution in [1.29, 1.82) is 0 Å². The van der Waals surface area contributed by atoms with Crippen molar-refractivity contribution in [3.63, 3.8) is 0 Å². The van der Waals surface area contributed by atoms with Crippen molar-refractivity contribution in [1.82, 2.24) is 19.5 Å². The second-order valence-electron chi connectivity index (χ2n) is 10.0. The van der Waals surface area contributed by atoms with Gasteiger partial charge in [-0.3, -0.25) is 14.4 Å². The Bertz CT molecular complexity index is 1530. The molecule has 4 N–H and O–H groups in total. The minimum atomic E-state index is -0.217. The minimum Gasteiger partial charge on any atom is -0.383 e. The Hall–Kier alpha value is -2.99. The first-order chi connectivity index (χ1) is 18.4. The Morgan fingerprint density at radius 3 is 2.82 bits per heavy atom. The van der Waals surface area contributed by atoms with Gasteiger partial charge in [0, 0.05) is 37.7 Å². The summed E-state index contributed by atoms with van der Waals surface area (Å²) in [6.45, 7) is 2.48. The van der Waals surface area contributed by atoms with E-state index in [1.807, 2.05) is 12.3 Å². The van der Waals surface area contributed by atoms with Crippen LogP contribution in [0.15, 0.2) is 55.6 Å². The maximum absolute atomic E-state index is 13.0. The fourth-order valence-electron chi connectivity index (χ4n) is 5.74. The summed E-state index contributed by atoms with van der Waals surface area (Å²) >= 11 is 7.97. The first kappa shape index (κ1) is 25.3. The van der Waals surface area contributed by atoms with Crippen molar-refractivity contribution in [2.45, 2.75) is 48.2 Å². The second-order valence-corrected chi connectivity index (χ2v) is 11.4. The molecule has 12 heteroatoms. The Kier molecular flexibility index (Phi) is 6.63. The molecule has 10 nitrogen and oxygen atoms in total. The fourth-order valence-corrected chi connectivity index (χ4v) is 6.89. The van der Waals surface area contributed by atoms with Gasteiger partial charge < -0.3 is 21.1 Å². The van der Waals surface area contributed by atoms with Crippen molar-refractivity contribution in [2.75, 3.05) is 37.4 Å². The molecule has 4 heterocycles. The van der Waals surface area contributed by atoms with Gasteiger partial charge in [0.15, 0.2) is 5.82 Å². The van der Waals surface area contributed by atoms with Gasteiger partial charge in [-0.2, -0.15) is 0 Å². The van der Waals surface area contributed by atoms with E-state index in [2.05, 4.69) is 24.8 Å². The molecule has 2 aromatic heterocycles. The molecule has 1 aromatic carbocycles. The minimum absolute atomic E-state index is 0.0133. The number of aliphatic imine (C=N–C) groups is 1. The number of anilines is 2. The number of allylic oxidation sites excluding steroid dienone is 1. The third kappa shape index (κ3) is 4.27. The quantitative estimate of drug-likeness (QED) is 0.472. The summed E-state index contributed by atoms with van der Waals surface area (Å²) in [7, 11) is 1.59. The maximum atomic E-state index is 13.0. The summed E-state index contributed by atoms with van der Waals surface area (Å²) in [5.74, 6) is 1.07. The molecular formula is C26H29ClN8O2S. The highest BCUT2D eigenvalue weighted by Gasteiger charge is 2.48. The number of piperidine rings is 1. The third-order valence-electron chi connectivity index (χ3n) is 7.92. The van der Waals surface area contributed by atoms with Gasteiger partial charge in [0.1, 0.15) is 10.8 Å². The van der Waals surface area contributed by atoms with E-state index < -0.39 is 0 Å². The molecule has 0 bridgehead atoms. The smallest absolute Gasteiger partial charge is 0.262 e. The van der Waals surface area contributed by atoms with Crippen LogP contribution in [0.25, 0.3) is 10.9 Å². The monoisotopic (exact) mass is 552 g/mol. The lowest BCUT2D eigenvalue weighted by molar-refractivity contribution is 0.186. The number of aromatic nitrogens is 4. The number of benzene rings is 1. The number of fused-ring (bicyclic) bond motifs is 1. The molecule has 1 atom stereocenters. The van der Waals surface area contributed by atoms with Crippen LogP contribution in [0.5, 0.6) is 0 Å². The predicted octanol–water partition coefficient (Wildman–Crippen LogP) is 3.27. The maximum Gasteiger partial charge on any atom is 0.262 e. The topological polar surface area (TPSA) is 138 Å². The summed E-state index contributed by atoms with van der Waals surface area (Å²) in [6.07, 6.45) is 9.19. The number of hydrogen-bond acceptors (Lipinski definition) is 10. The standard InChI is InChI=1S/C26H29ClN8O2S/c1-37-11-10-35-14-32-16-2-3-17(20(27)19(16)25(35)36)38-24-23(29)33-18(13-31-24)34-8-5-26(6-9-34)12-15-4-7-30-21(15)22(26)28/h2-3,7,13-14,22H,4-6,8-12,28H2,1H3,(H2,29,33)/t22-/m1/s1. The van der Waals surface area contributed by atoms with E-state index in [0.717, 1.165) is 50.3 Å². The van der Waals surface area contributed by atoms with E-state index >= 15 is 0 Å². The summed E-state index contributed by atoms with van der Waals surface area (Å²) < 4.78 is 6.58.